The smallest absolute Gasteiger partial charge is 0.255 e. The molecule has 2 amide bonds. The Labute approximate surface area is 102 Å². The van der Waals surface area contributed by atoms with E-state index in [-0.39, 0.29) is 6.54 Å². The highest BCUT2D eigenvalue weighted by molar-refractivity contribution is 6.00. The number of aliphatic hydroxyl groups is 1. The number of nitrogens with one attached hydrogen (secondary N) is 1. The molecule has 18 heavy (non-hydrogen) atoms. The number of carbonyl (C=O) groups is 2. The van der Waals surface area contributed by atoms with E-state index in [0.717, 1.165) is 0 Å². The lowest BCUT2D eigenvalue weighted by molar-refractivity contribution is -0.125. The van der Waals surface area contributed by atoms with Crippen molar-refractivity contribution in [2.24, 2.45) is 5.73 Å². The molecule has 4 N–H and O–H groups in total. The summed E-state index contributed by atoms with van der Waals surface area (Å²) in [6.07, 6.45) is 1.74. The van der Waals surface area contributed by atoms with Crippen LogP contribution in [0.4, 0.5) is 0 Å². The highest BCUT2D eigenvalue weighted by atomic mass is 16.3. The molecule has 0 saturated heterocycles. The van der Waals surface area contributed by atoms with Gasteiger partial charge in [-0.25, -0.2) is 4.52 Å². The van der Waals surface area contributed by atoms with Gasteiger partial charge >= 0.3 is 0 Å². The van der Waals surface area contributed by atoms with Crippen LogP contribution in [0.1, 0.15) is 10.4 Å². The van der Waals surface area contributed by atoms with E-state index in [1.807, 2.05) is 0 Å². The topological polar surface area (TPSA) is 110 Å². The molecule has 0 radical (unpaired) electrons. The molecule has 0 aromatic carbocycles. The molecule has 2 rings (SSSR count). The van der Waals surface area contributed by atoms with Crippen LogP contribution < -0.4 is 11.1 Å². The largest absolute Gasteiger partial charge is 0.381 e. The van der Waals surface area contributed by atoms with Crippen molar-refractivity contribution in [1.82, 2.24) is 14.9 Å². The summed E-state index contributed by atoms with van der Waals surface area (Å²) in [7, 11) is 0. The Morgan fingerprint density at radius 2 is 2.28 bits per heavy atom. The number of amides is 2. The predicted molar refractivity (Wildman–Crippen MR) is 62.7 cm³/mol. The molecule has 94 valence electrons. The molecule has 1 unspecified atom stereocenters. The fourth-order valence-electron chi connectivity index (χ4n) is 1.49. The predicted octanol–water partition coefficient (Wildman–Crippen LogP) is -1.09. The van der Waals surface area contributed by atoms with Gasteiger partial charge in [0.25, 0.3) is 5.91 Å². The first-order valence-corrected chi connectivity index (χ1v) is 5.27. The summed E-state index contributed by atoms with van der Waals surface area (Å²) in [5, 5.41) is 15.6. The van der Waals surface area contributed by atoms with Gasteiger partial charge in [0.15, 0.2) is 0 Å². The first-order valence-electron chi connectivity index (χ1n) is 5.27. The van der Waals surface area contributed by atoms with Crippen molar-refractivity contribution < 1.29 is 14.7 Å². The number of nitrogens with zero attached hydrogens (tertiary/aromatic N) is 2. The molecule has 2 aromatic heterocycles. The summed E-state index contributed by atoms with van der Waals surface area (Å²) in [5.41, 5.74) is 5.88. The van der Waals surface area contributed by atoms with Crippen LogP contribution in [0.25, 0.3) is 5.52 Å². The van der Waals surface area contributed by atoms with Crippen LogP contribution in [-0.2, 0) is 4.79 Å². The lowest BCUT2D eigenvalue weighted by atomic mass is 10.2. The quantitative estimate of drug-likeness (QED) is 0.638. The van der Waals surface area contributed by atoms with E-state index < -0.39 is 17.9 Å². The van der Waals surface area contributed by atoms with Gasteiger partial charge in [-0.2, -0.15) is 5.10 Å². The van der Waals surface area contributed by atoms with Crippen LogP contribution >= 0.6 is 0 Å². The number of aliphatic hydroxyl groups excluding tert-OH is 1. The standard InChI is InChI=1S/C11H12N4O3/c12-10(17)9(16)6-13-11(18)7-5-14-15-4-2-1-3-8(7)15/h1-5,9,16H,6H2,(H2,12,17)(H,13,18). The van der Waals surface area contributed by atoms with Crippen molar-refractivity contribution in [2.75, 3.05) is 6.54 Å². The zero-order chi connectivity index (χ0) is 13.1. The lowest BCUT2D eigenvalue weighted by Gasteiger charge is -2.07. The first-order chi connectivity index (χ1) is 8.59. The molecule has 7 nitrogen and oxygen atoms in total. The number of fused-ring (bicyclic) bond motifs is 1. The second-order valence-electron chi connectivity index (χ2n) is 3.72. The second-order valence-corrected chi connectivity index (χ2v) is 3.72. The number of aromatic nitrogens is 2. The number of pyridine rings is 1. The maximum absolute atomic E-state index is 11.8. The summed E-state index contributed by atoms with van der Waals surface area (Å²) in [6.45, 7) is -0.224. The molecule has 0 spiro atoms. The molecular weight excluding hydrogens is 236 g/mol. The van der Waals surface area contributed by atoms with Gasteiger partial charge in [0.2, 0.25) is 5.91 Å². The number of primary amides is 1. The minimum atomic E-state index is -1.39. The summed E-state index contributed by atoms with van der Waals surface area (Å²) in [5.74, 6) is -1.30. The van der Waals surface area contributed by atoms with E-state index in [1.165, 1.54) is 6.20 Å². The van der Waals surface area contributed by atoms with E-state index in [0.29, 0.717) is 11.1 Å². The zero-order valence-corrected chi connectivity index (χ0v) is 9.41. The van der Waals surface area contributed by atoms with Gasteiger partial charge < -0.3 is 16.2 Å². The third-order valence-electron chi connectivity index (χ3n) is 2.46. The van der Waals surface area contributed by atoms with E-state index in [1.54, 1.807) is 28.9 Å². The Kier molecular flexibility index (Phi) is 3.24. The SMILES string of the molecule is NC(=O)C(O)CNC(=O)c1cnn2ccccc12. The van der Waals surface area contributed by atoms with Crippen molar-refractivity contribution in [3.05, 3.63) is 36.2 Å². The number of hydrogen-bond acceptors (Lipinski definition) is 4. The van der Waals surface area contributed by atoms with Gasteiger partial charge in [-0.05, 0) is 12.1 Å². The number of carbonyl (C=O) groups excluding carboxylic acids is 2. The fourth-order valence-corrected chi connectivity index (χ4v) is 1.49. The van der Waals surface area contributed by atoms with E-state index in [2.05, 4.69) is 10.4 Å². The van der Waals surface area contributed by atoms with Crippen LogP contribution in [-0.4, -0.2) is 39.2 Å². The summed E-state index contributed by atoms with van der Waals surface area (Å²) < 4.78 is 1.55. The second kappa shape index (κ2) is 4.84. The van der Waals surface area contributed by atoms with Crippen LogP contribution in [0.3, 0.4) is 0 Å². The van der Waals surface area contributed by atoms with Gasteiger partial charge in [0.05, 0.1) is 23.8 Å². The average molecular weight is 248 g/mol. The minimum Gasteiger partial charge on any atom is -0.381 e. The first kappa shape index (κ1) is 12.1. The van der Waals surface area contributed by atoms with Crippen molar-refractivity contribution >= 4 is 17.3 Å². The lowest BCUT2D eigenvalue weighted by Crippen LogP contribution is -2.39. The number of hydrogen-bond donors (Lipinski definition) is 3. The summed E-state index contributed by atoms with van der Waals surface area (Å²) in [6, 6.07) is 5.32. The van der Waals surface area contributed by atoms with Gasteiger partial charge in [-0.3, -0.25) is 9.59 Å². The van der Waals surface area contributed by atoms with Crippen molar-refractivity contribution in [3.8, 4) is 0 Å². The highest BCUT2D eigenvalue weighted by Gasteiger charge is 2.15. The van der Waals surface area contributed by atoms with Crippen molar-refractivity contribution in [1.29, 1.82) is 0 Å². The molecule has 2 heterocycles. The Morgan fingerprint density at radius 1 is 1.50 bits per heavy atom. The molecule has 0 aliphatic heterocycles. The van der Waals surface area contributed by atoms with Gasteiger partial charge in [-0.1, -0.05) is 6.07 Å². The van der Waals surface area contributed by atoms with E-state index in [4.69, 9.17) is 5.73 Å². The zero-order valence-electron chi connectivity index (χ0n) is 9.41. The van der Waals surface area contributed by atoms with Gasteiger partial charge in [0.1, 0.15) is 6.10 Å². The molecule has 7 heteroatoms. The fraction of sp³-hybridized carbons (Fsp3) is 0.182. The normalized spacial score (nSPS) is 12.3. The monoisotopic (exact) mass is 248 g/mol. The Morgan fingerprint density at radius 3 is 3.00 bits per heavy atom. The minimum absolute atomic E-state index is 0.224. The maximum atomic E-state index is 11.8. The maximum Gasteiger partial charge on any atom is 0.255 e. The number of rotatable bonds is 4. The molecule has 1 atom stereocenters. The molecule has 0 aliphatic rings. The van der Waals surface area contributed by atoms with Crippen molar-refractivity contribution in [3.63, 3.8) is 0 Å². The van der Waals surface area contributed by atoms with Crippen LogP contribution in [0.5, 0.6) is 0 Å². The number of nitrogens with two attached hydrogens (primary N) is 1. The molecule has 0 fully saturated rings. The average Bonchev–Trinajstić information content (AvgIpc) is 2.79. The highest BCUT2D eigenvalue weighted by Crippen LogP contribution is 2.09. The van der Waals surface area contributed by atoms with E-state index in [9.17, 15) is 14.7 Å². The van der Waals surface area contributed by atoms with Crippen LogP contribution in [0.2, 0.25) is 0 Å². The van der Waals surface area contributed by atoms with Crippen molar-refractivity contribution in [2.45, 2.75) is 6.10 Å². The van der Waals surface area contributed by atoms with E-state index >= 15 is 0 Å². The third-order valence-corrected chi connectivity index (χ3v) is 2.46. The van der Waals surface area contributed by atoms with Crippen LogP contribution in [0, 0.1) is 0 Å². The molecule has 2 aromatic rings. The van der Waals surface area contributed by atoms with Crippen LogP contribution in [0.15, 0.2) is 30.6 Å². The summed E-state index contributed by atoms with van der Waals surface area (Å²) >= 11 is 0. The van der Waals surface area contributed by atoms with Gasteiger partial charge in [-0.15, -0.1) is 0 Å². The third kappa shape index (κ3) is 2.30. The van der Waals surface area contributed by atoms with Gasteiger partial charge in [0, 0.05) is 6.20 Å². The Bertz CT molecular complexity index is 593. The molecule has 0 bridgehead atoms. The molecule has 0 aliphatic carbocycles. The Hall–Kier alpha value is -2.41. The summed E-state index contributed by atoms with van der Waals surface area (Å²) in [4.78, 5) is 22.4. The molecular formula is C11H12N4O3. The molecule has 0 saturated carbocycles. The Balaban J connectivity index is 2.12.